The highest BCUT2D eigenvalue weighted by Gasteiger charge is 2.32. The van der Waals surface area contributed by atoms with Crippen LogP contribution >= 0.6 is 0 Å². The lowest BCUT2D eigenvalue weighted by Gasteiger charge is -2.34. The van der Waals surface area contributed by atoms with Crippen molar-refractivity contribution in [1.82, 2.24) is 9.62 Å². The van der Waals surface area contributed by atoms with Gasteiger partial charge >= 0.3 is 0 Å². The van der Waals surface area contributed by atoms with Crippen molar-refractivity contribution in [3.05, 3.63) is 65.7 Å². The van der Waals surface area contributed by atoms with Crippen LogP contribution in [0.5, 0.6) is 0 Å². The quantitative estimate of drug-likeness (QED) is 0.730. The summed E-state index contributed by atoms with van der Waals surface area (Å²) in [6.07, 6.45) is 0.560. The smallest absolute Gasteiger partial charge is 0.251 e. The average Bonchev–Trinajstić information content (AvgIpc) is 2.74. The van der Waals surface area contributed by atoms with Crippen molar-refractivity contribution in [2.24, 2.45) is 0 Å². The Morgan fingerprint density at radius 3 is 2.40 bits per heavy atom. The fraction of sp³-hybridized carbons (Fsp3) is 0.435. The zero-order valence-electron chi connectivity index (χ0n) is 17.7. The molecule has 0 aliphatic carbocycles. The predicted molar refractivity (Wildman–Crippen MR) is 117 cm³/mol. The van der Waals surface area contributed by atoms with Crippen LogP contribution in [0.25, 0.3) is 0 Å². The number of rotatable bonds is 7. The van der Waals surface area contributed by atoms with Crippen molar-refractivity contribution in [3.8, 4) is 0 Å². The van der Waals surface area contributed by atoms with Gasteiger partial charge in [0, 0.05) is 31.1 Å². The molecule has 1 fully saturated rings. The van der Waals surface area contributed by atoms with E-state index < -0.39 is 10.0 Å². The summed E-state index contributed by atoms with van der Waals surface area (Å²) in [4.78, 5) is 12.8. The number of benzene rings is 2. The molecule has 6 nitrogen and oxygen atoms in total. The fourth-order valence-corrected chi connectivity index (χ4v) is 5.45. The van der Waals surface area contributed by atoms with Crippen LogP contribution in [0.4, 0.5) is 0 Å². The Morgan fingerprint density at radius 2 is 1.77 bits per heavy atom. The zero-order chi connectivity index (χ0) is 21.7. The lowest BCUT2D eigenvalue weighted by atomic mass is 9.96. The zero-order valence-corrected chi connectivity index (χ0v) is 18.6. The molecule has 1 heterocycles. The van der Waals surface area contributed by atoms with E-state index in [0.717, 1.165) is 6.42 Å². The molecule has 1 N–H and O–H groups in total. The van der Waals surface area contributed by atoms with E-state index in [2.05, 4.69) is 24.4 Å². The number of hydrogen-bond donors (Lipinski definition) is 1. The maximum atomic E-state index is 13.1. The number of carbonyl (C=O) groups is 1. The highest BCUT2D eigenvalue weighted by Crippen LogP contribution is 2.22. The first-order valence-electron chi connectivity index (χ1n) is 10.4. The molecule has 0 spiro atoms. The first-order chi connectivity index (χ1) is 14.3. The van der Waals surface area contributed by atoms with Crippen LogP contribution in [0.3, 0.4) is 0 Å². The first-order valence-corrected chi connectivity index (χ1v) is 11.8. The van der Waals surface area contributed by atoms with E-state index in [9.17, 15) is 13.2 Å². The third kappa shape index (κ3) is 5.28. The average molecular weight is 431 g/mol. The summed E-state index contributed by atoms with van der Waals surface area (Å²) in [6, 6.07) is 16.3. The van der Waals surface area contributed by atoms with Crippen LogP contribution in [0.1, 0.15) is 49.0 Å². The number of nitrogens with zero attached hydrogens (tertiary/aromatic N) is 1. The third-order valence-electron chi connectivity index (χ3n) is 5.39. The summed E-state index contributed by atoms with van der Waals surface area (Å²) >= 11 is 0. The molecule has 1 amide bonds. The summed E-state index contributed by atoms with van der Waals surface area (Å²) in [7, 11) is -3.69. The molecule has 3 unspecified atom stereocenters. The number of amides is 1. The molecule has 2 aromatic carbocycles. The number of morpholine rings is 1. The van der Waals surface area contributed by atoms with E-state index in [1.54, 1.807) is 12.1 Å². The monoisotopic (exact) mass is 430 g/mol. The summed E-state index contributed by atoms with van der Waals surface area (Å²) in [5.41, 5.74) is 1.51. The van der Waals surface area contributed by atoms with Crippen molar-refractivity contribution < 1.29 is 17.9 Å². The van der Waals surface area contributed by atoms with E-state index >= 15 is 0 Å². The number of nitrogens with one attached hydrogen (secondary N) is 1. The Kier molecular flexibility index (Phi) is 7.28. The van der Waals surface area contributed by atoms with Crippen LogP contribution in [0.15, 0.2) is 59.5 Å². The van der Waals surface area contributed by atoms with Crippen LogP contribution in [0.2, 0.25) is 0 Å². The van der Waals surface area contributed by atoms with E-state index in [-0.39, 0.29) is 28.9 Å². The number of sulfonamides is 1. The van der Waals surface area contributed by atoms with E-state index in [1.165, 1.54) is 22.0 Å². The topological polar surface area (TPSA) is 75.7 Å². The first kappa shape index (κ1) is 22.5. The molecule has 7 heteroatoms. The van der Waals surface area contributed by atoms with E-state index in [0.29, 0.717) is 25.2 Å². The van der Waals surface area contributed by atoms with Crippen LogP contribution < -0.4 is 5.32 Å². The highest BCUT2D eigenvalue weighted by molar-refractivity contribution is 7.89. The largest absolute Gasteiger partial charge is 0.373 e. The second-order valence-corrected chi connectivity index (χ2v) is 9.77. The number of carbonyl (C=O) groups excluding carboxylic acids is 1. The molecule has 1 saturated heterocycles. The lowest BCUT2D eigenvalue weighted by molar-refractivity contribution is -0.0440. The predicted octanol–water partition coefficient (Wildman–Crippen LogP) is 3.41. The molecule has 1 aliphatic rings. The maximum absolute atomic E-state index is 13.1. The molecule has 3 atom stereocenters. The molecule has 0 aromatic heterocycles. The van der Waals surface area contributed by atoms with Gasteiger partial charge < -0.3 is 10.1 Å². The molecule has 162 valence electrons. The van der Waals surface area contributed by atoms with Gasteiger partial charge in [0.1, 0.15) is 0 Å². The fourth-order valence-electron chi connectivity index (χ4n) is 3.81. The second-order valence-electron chi connectivity index (χ2n) is 7.83. The normalized spacial score (nSPS) is 21.2. The van der Waals surface area contributed by atoms with Crippen molar-refractivity contribution in [3.63, 3.8) is 0 Å². The standard InChI is InChI=1S/C23H30N2O4S/c1-4-19(20-9-6-5-7-10-20)14-24-23(26)21-11-8-12-22(13-21)30(27,28)25-15-17(2)29-18(3)16-25/h5-13,17-19H,4,14-16H2,1-3H3,(H,24,26). The number of hydrogen-bond acceptors (Lipinski definition) is 4. The molecule has 0 saturated carbocycles. The van der Waals surface area contributed by atoms with Crippen LogP contribution in [-0.4, -0.2) is 50.5 Å². The molecule has 0 radical (unpaired) electrons. The molecule has 3 rings (SSSR count). The Balaban J connectivity index is 1.72. The Hall–Kier alpha value is -2.22. The summed E-state index contributed by atoms with van der Waals surface area (Å²) in [6.45, 7) is 6.91. The minimum Gasteiger partial charge on any atom is -0.373 e. The summed E-state index contributed by atoms with van der Waals surface area (Å²) in [5.74, 6) is -0.0662. The Labute approximate surface area is 179 Å². The second kappa shape index (κ2) is 9.73. The van der Waals surface area contributed by atoms with Crippen LogP contribution in [-0.2, 0) is 14.8 Å². The van der Waals surface area contributed by atoms with E-state index in [1.807, 2.05) is 32.0 Å². The van der Waals surface area contributed by atoms with Gasteiger partial charge in [0.2, 0.25) is 10.0 Å². The molecule has 2 aromatic rings. The van der Waals surface area contributed by atoms with Gasteiger partial charge in [0.05, 0.1) is 17.1 Å². The molecule has 30 heavy (non-hydrogen) atoms. The summed E-state index contributed by atoms with van der Waals surface area (Å²) in [5, 5.41) is 2.95. The van der Waals surface area contributed by atoms with Gasteiger partial charge in [0.15, 0.2) is 0 Å². The van der Waals surface area contributed by atoms with Crippen molar-refractivity contribution in [2.75, 3.05) is 19.6 Å². The lowest BCUT2D eigenvalue weighted by Crippen LogP contribution is -2.48. The van der Waals surface area contributed by atoms with Crippen molar-refractivity contribution in [1.29, 1.82) is 0 Å². The van der Waals surface area contributed by atoms with Gasteiger partial charge in [-0.3, -0.25) is 4.79 Å². The van der Waals surface area contributed by atoms with Crippen molar-refractivity contribution in [2.45, 2.75) is 50.2 Å². The summed E-state index contributed by atoms with van der Waals surface area (Å²) < 4.78 is 33.3. The van der Waals surface area contributed by atoms with Gasteiger partial charge in [-0.05, 0) is 44.0 Å². The Bertz CT molecular complexity index is 952. The van der Waals surface area contributed by atoms with Gasteiger partial charge in [-0.15, -0.1) is 0 Å². The van der Waals surface area contributed by atoms with Gasteiger partial charge in [0.25, 0.3) is 5.91 Å². The number of ether oxygens (including phenoxy) is 1. The third-order valence-corrected chi connectivity index (χ3v) is 7.22. The SMILES string of the molecule is CCC(CNC(=O)c1cccc(S(=O)(=O)N2CC(C)OC(C)C2)c1)c1ccccc1. The van der Waals surface area contributed by atoms with Gasteiger partial charge in [-0.1, -0.05) is 43.3 Å². The molecule has 1 aliphatic heterocycles. The van der Waals surface area contributed by atoms with Gasteiger partial charge in [-0.2, -0.15) is 4.31 Å². The highest BCUT2D eigenvalue weighted by atomic mass is 32.2. The molecule has 0 bridgehead atoms. The molecular weight excluding hydrogens is 400 g/mol. The van der Waals surface area contributed by atoms with Gasteiger partial charge in [-0.25, -0.2) is 8.42 Å². The van der Waals surface area contributed by atoms with E-state index in [4.69, 9.17) is 4.74 Å². The molecular formula is C23H30N2O4S. The minimum atomic E-state index is -3.69. The maximum Gasteiger partial charge on any atom is 0.251 e. The Morgan fingerprint density at radius 1 is 1.10 bits per heavy atom. The minimum absolute atomic E-state index is 0.131. The van der Waals surface area contributed by atoms with Crippen molar-refractivity contribution >= 4 is 15.9 Å². The van der Waals surface area contributed by atoms with Crippen LogP contribution in [0, 0.1) is 0 Å².